The van der Waals surface area contributed by atoms with E-state index in [0.717, 1.165) is 11.1 Å². The van der Waals surface area contributed by atoms with Crippen LogP contribution in [0, 0.1) is 0 Å². The third kappa shape index (κ3) is 14.2. The molecule has 268 valence electrons. The van der Waals surface area contributed by atoms with Crippen LogP contribution in [0.5, 0.6) is 0 Å². The standard InChI is InChI=1S/C37H52N4O8/c1-36(2,3)48-33(44)30-21-15-23-41(30)32(43)29(24-26-16-9-7-10-17-26)39-31(42)28(40-35(46)49-37(4,5)6)20-13-14-22-38-34(45)47-25-27-18-11-8-12-19-27/h7-12,16-19,28-30H,13-15,20-25H2,1-6H3,(H,38,45)(H,39,42)(H,40,46)/t28-,29-,30-/m0/s1. The summed E-state index contributed by atoms with van der Waals surface area (Å²) in [6.07, 6.45) is 1.10. The van der Waals surface area contributed by atoms with Crippen molar-refractivity contribution in [1.29, 1.82) is 0 Å². The van der Waals surface area contributed by atoms with Crippen LogP contribution < -0.4 is 16.0 Å². The second-order valence-corrected chi connectivity index (χ2v) is 14.2. The number of ether oxygens (including phenoxy) is 3. The molecule has 1 heterocycles. The Hall–Kier alpha value is -4.61. The Labute approximate surface area is 289 Å². The van der Waals surface area contributed by atoms with E-state index in [1.165, 1.54) is 4.90 Å². The Balaban J connectivity index is 1.68. The lowest BCUT2D eigenvalue weighted by molar-refractivity contribution is -0.163. The Morgan fingerprint density at radius 1 is 0.776 bits per heavy atom. The number of benzene rings is 2. The SMILES string of the molecule is CC(C)(C)OC(=O)N[C@@H](CCCCNC(=O)OCc1ccccc1)C(=O)N[C@@H](Cc1ccccc1)C(=O)N1CCC[C@H]1C(=O)OC(C)(C)C. The third-order valence-electron chi connectivity index (χ3n) is 7.52. The van der Waals surface area contributed by atoms with Crippen molar-refractivity contribution in [2.75, 3.05) is 13.1 Å². The smallest absolute Gasteiger partial charge is 0.408 e. The highest BCUT2D eigenvalue weighted by atomic mass is 16.6. The lowest BCUT2D eigenvalue weighted by atomic mass is 10.0. The first-order valence-electron chi connectivity index (χ1n) is 16.9. The molecule has 4 amide bonds. The Bertz CT molecular complexity index is 1390. The molecular formula is C37H52N4O8. The molecule has 0 aromatic heterocycles. The average molecular weight is 681 g/mol. The zero-order valence-electron chi connectivity index (χ0n) is 29.6. The highest BCUT2D eigenvalue weighted by Gasteiger charge is 2.40. The monoisotopic (exact) mass is 680 g/mol. The fraction of sp³-hybridized carbons (Fsp3) is 0.541. The van der Waals surface area contributed by atoms with Gasteiger partial charge in [-0.1, -0.05) is 60.7 Å². The molecule has 0 unspecified atom stereocenters. The van der Waals surface area contributed by atoms with Crippen molar-refractivity contribution < 1.29 is 38.2 Å². The minimum absolute atomic E-state index is 0.146. The van der Waals surface area contributed by atoms with E-state index in [2.05, 4.69) is 16.0 Å². The van der Waals surface area contributed by atoms with Gasteiger partial charge in [0.15, 0.2) is 0 Å². The second-order valence-electron chi connectivity index (χ2n) is 14.2. The zero-order chi connectivity index (χ0) is 36.0. The van der Waals surface area contributed by atoms with Gasteiger partial charge >= 0.3 is 18.2 Å². The molecule has 1 aliphatic heterocycles. The van der Waals surface area contributed by atoms with Crippen LogP contribution in [0.15, 0.2) is 60.7 Å². The number of hydrogen-bond donors (Lipinski definition) is 3. The quantitative estimate of drug-likeness (QED) is 0.143. The molecule has 1 aliphatic rings. The Kier molecular flexibility index (Phi) is 14.5. The molecule has 2 aromatic rings. The van der Waals surface area contributed by atoms with Gasteiger partial charge in [0, 0.05) is 19.5 Å². The number of rotatable bonds is 14. The number of hydrogen-bond acceptors (Lipinski definition) is 8. The fourth-order valence-electron chi connectivity index (χ4n) is 5.32. The van der Waals surface area contributed by atoms with E-state index < -0.39 is 59.3 Å². The van der Waals surface area contributed by atoms with Gasteiger partial charge in [-0.3, -0.25) is 9.59 Å². The van der Waals surface area contributed by atoms with Crippen LogP contribution in [-0.2, 0) is 41.6 Å². The summed E-state index contributed by atoms with van der Waals surface area (Å²) in [7, 11) is 0. The van der Waals surface area contributed by atoms with Gasteiger partial charge in [0.25, 0.3) is 0 Å². The molecule has 1 fully saturated rings. The summed E-state index contributed by atoms with van der Waals surface area (Å²) in [6, 6.07) is 15.8. The molecule has 3 rings (SSSR count). The number of carbonyl (C=O) groups excluding carboxylic acids is 5. The van der Waals surface area contributed by atoms with Crippen LogP contribution in [0.1, 0.15) is 84.8 Å². The maximum Gasteiger partial charge on any atom is 0.408 e. The molecule has 2 aromatic carbocycles. The van der Waals surface area contributed by atoms with Gasteiger partial charge in [-0.2, -0.15) is 0 Å². The molecule has 12 heteroatoms. The molecule has 12 nitrogen and oxygen atoms in total. The van der Waals surface area contributed by atoms with Crippen molar-refractivity contribution in [3.8, 4) is 0 Å². The molecule has 0 spiro atoms. The van der Waals surface area contributed by atoms with Crippen LogP contribution in [-0.4, -0.2) is 77.3 Å². The average Bonchev–Trinajstić information content (AvgIpc) is 3.52. The predicted octanol–water partition coefficient (Wildman–Crippen LogP) is 5.04. The minimum Gasteiger partial charge on any atom is -0.458 e. The van der Waals surface area contributed by atoms with Gasteiger partial charge in [0.2, 0.25) is 11.8 Å². The maximum absolute atomic E-state index is 14.0. The summed E-state index contributed by atoms with van der Waals surface area (Å²) >= 11 is 0. The number of alkyl carbamates (subject to hydrolysis) is 2. The van der Waals surface area contributed by atoms with E-state index in [9.17, 15) is 24.0 Å². The van der Waals surface area contributed by atoms with Gasteiger partial charge in [-0.05, 0) is 84.8 Å². The van der Waals surface area contributed by atoms with E-state index in [0.29, 0.717) is 38.8 Å². The number of nitrogens with zero attached hydrogens (tertiary/aromatic N) is 1. The largest absolute Gasteiger partial charge is 0.458 e. The maximum atomic E-state index is 14.0. The van der Waals surface area contributed by atoms with Crippen LogP contribution in [0.4, 0.5) is 9.59 Å². The molecule has 3 atom stereocenters. The first kappa shape index (κ1) is 38.8. The molecule has 0 aliphatic carbocycles. The van der Waals surface area contributed by atoms with Crippen LogP contribution in [0.3, 0.4) is 0 Å². The van der Waals surface area contributed by atoms with Crippen molar-refractivity contribution in [2.24, 2.45) is 0 Å². The van der Waals surface area contributed by atoms with E-state index in [-0.39, 0.29) is 19.4 Å². The molecule has 0 saturated carbocycles. The van der Waals surface area contributed by atoms with E-state index in [4.69, 9.17) is 14.2 Å². The summed E-state index contributed by atoms with van der Waals surface area (Å²) < 4.78 is 16.3. The van der Waals surface area contributed by atoms with Crippen molar-refractivity contribution in [1.82, 2.24) is 20.9 Å². The summed E-state index contributed by atoms with van der Waals surface area (Å²) in [5.74, 6) is -1.45. The second kappa shape index (κ2) is 18.2. The van der Waals surface area contributed by atoms with Crippen LogP contribution in [0.25, 0.3) is 0 Å². The number of carbonyl (C=O) groups is 5. The first-order valence-corrected chi connectivity index (χ1v) is 16.9. The summed E-state index contributed by atoms with van der Waals surface area (Å²) in [6.45, 7) is 11.3. The highest BCUT2D eigenvalue weighted by Crippen LogP contribution is 2.23. The molecule has 49 heavy (non-hydrogen) atoms. The fourth-order valence-corrected chi connectivity index (χ4v) is 5.32. The van der Waals surface area contributed by atoms with E-state index in [1.807, 2.05) is 60.7 Å². The van der Waals surface area contributed by atoms with E-state index in [1.54, 1.807) is 41.5 Å². The topological polar surface area (TPSA) is 152 Å². The molecule has 3 N–H and O–H groups in total. The van der Waals surface area contributed by atoms with Crippen LogP contribution in [0.2, 0.25) is 0 Å². The third-order valence-corrected chi connectivity index (χ3v) is 7.52. The normalized spacial score (nSPS) is 15.8. The molecule has 0 radical (unpaired) electrons. The number of likely N-dealkylation sites (tertiary alicyclic amines) is 1. The lowest BCUT2D eigenvalue weighted by Crippen LogP contribution is -2.57. The van der Waals surface area contributed by atoms with Crippen molar-refractivity contribution >= 4 is 30.0 Å². The number of unbranched alkanes of at least 4 members (excludes halogenated alkanes) is 1. The number of nitrogens with one attached hydrogen (secondary N) is 3. The van der Waals surface area contributed by atoms with Gasteiger partial charge < -0.3 is 35.1 Å². The molecule has 0 bridgehead atoms. The van der Waals surface area contributed by atoms with Gasteiger partial charge in [0.05, 0.1) is 0 Å². The Morgan fingerprint density at radius 3 is 2.00 bits per heavy atom. The predicted molar refractivity (Wildman–Crippen MR) is 184 cm³/mol. The Morgan fingerprint density at radius 2 is 1.39 bits per heavy atom. The van der Waals surface area contributed by atoms with Crippen molar-refractivity contribution in [3.05, 3.63) is 71.8 Å². The van der Waals surface area contributed by atoms with E-state index >= 15 is 0 Å². The summed E-state index contributed by atoms with van der Waals surface area (Å²) in [5.41, 5.74) is 0.169. The summed E-state index contributed by atoms with van der Waals surface area (Å²) in [5, 5.41) is 8.22. The first-order chi connectivity index (χ1) is 23.1. The lowest BCUT2D eigenvalue weighted by Gasteiger charge is -2.31. The number of amides is 4. The summed E-state index contributed by atoms with van der Waals surface area (Å²) in [4.78, 5) is 67.3. The molecular weight excluding hydrogens is 628 g/mol. The van der Waals surface area contributed by atoms with Gasteiger partial charge in [0.1, 0.15) is 35.9 Å². The molecule has 1 saturated heterocycles. The highest BCUT2D eigenvalue weighted by molar-refractivity contribution is 5.93. The minimum atomic E-state index is -1.04. The zero-order valence-corrected chi connectivity index (χ0v) is 29.6. The number of esters is 1. The van der Waals surface area contributed by atoms with Crippen molar-refractivity contribution in [2.45, 2.75) is 116 Å². The van der Waals surface area contributed by atoms with Gasteiger partial charge in [-0.25, -0.2) is 14.4 Å². The van der Waals surface area contributed by atoms with Crippen molar-refractivity contribution in [3.63, 3.8) is 0 Å². The van der Waals surface area contributed by atoms with Gasteiger partial charge in [-0.15, -0.1) is 0 Å². The van der Waals surface area contributed by atoms with Crippen LogP contribution >= 0.6 is 0 Å².